The molecule has 16 heavy (non-hydrogen) atoms. The van der Waals surface area contributed by atoms with Crippen LogP contribution in [0.2, 0.25) is 0 Å². The fourth-order valence-corrected chi connectivity index (χ4v) is 2.05. The van der Waals surface area contributed by atoms with Crippen LogP contribution >= 0.6 is 0 Å². The third-order valence-corrected chi connectivity index (χ3v) is 3.71. The average molecular weight is 223 g/mol. The molecule has 88 valence electrons. The fourth-order valence-electron chi connectivity index (χ4n) is 2.05. The van der Waals surface area contributed by atoms with Gasteiger partial charge in [-0.05, 0) is 19.3 Å². The Balaban J connectivity index is 1.80. The minimum absolute atomic E-state index is 0.0670. The first-order chi connectivity index (χ1) is 7.69. The molecule has 5 heteroatoms. The molecule has 0 radical (unpaired) electrons. The van der Waals surface area contributed by atoms with Gasteiger partial charge >= 0.3 is 0 Å². The van der Waals surface area contributed by atoms with Crippen LogP contribution in [0.15, 0.2) is 4.52 Å². The van der Waals surface area contributed by atoms with Gasteiger partial charge < -0.3 is 15.0 Å². The van der Waals surface area contributed by atoms with Gasteiger partial charge in [0.1, 0.15) is 0 Å². The van der Waals surface area contributed by atoms with Gasteiger partial charge in [0.15, 0.2) is 5.82 Å². The van der Waals surface area contributed by atoms with E-state index in [9.17, 15) is 0 Å². The van der Waals surface area contributed by atoms with Crippen molar-refractivity contribution in [2.75, 3.05) is 13.2 Å². The summed E-state index contributed by atoms with van der Waals surface area (Å²) in [6.07, 6.45) is 3.16. The van der Waals surface area contributed by atoms with Crippen LogP contribution in [0.25, 0.3) is 0 Å². The zero-order valence-corrected chi connectivity index (χ0v) is 9.48. The number of ether oxygens (including phenoxy) is 1. The third kappa shape index (κ3) is 1.64. The monoisotopic (exact) mass is 223 g/mol. The molecule has 5 nitrogen and oxygen atoms in total. The predicted octanol–water partition coefficient (Wildman–Crippen LogP) is 0.952. The maximum absolute atomic E-state index is 6.04. The number of aromatic nitrogens is 2. The van der Waals surface area contributed by atoms with Gasteiger partial charge in [0.2, 0.25) is 5.89 Å². The summed E-state index contributed by atoms with van der Waals surface area (Å²) in [4.78, 5) is 4.48. The topological polar surface area (TPSA) is 74.2 Å². The molecule has 1 saturated carbocycles. The molecular formula is C11H17N3O2. The maximum atomic E-state index is 6.04. The van der Waals surface area contributed by atoms with E-state index < -0.39 is 0 Å². The van der Waals surface area contributed by atoms with Crippen LogP contribution in [0, 0.1) is 0 Å². The molecule has 1 aromatic heterocycles. The molecule has 0 bridgehead atoms. The smallest absolute Gasteiger partial charge is 0.233 e. The molecule has 2 N–H and O–H groups in total. The lowest BCUT2D eigenvalue weighted by Gasteiger charge is -2.25. The molecule has 2 fully saturated rings. The second kappa shape index (κ2) is 3.53. The summed E-state index contributed by atoms with van der Waals surface area (Å²) in [5, 5.41) is 4.06. The zero-order valence-electron chi connectivity index (χ0n) is 9.48. The van der Waals surface area contributed by atoms with E-state index in [0.717, 1.165) is 31.7 Å². The van der Waals surface area contributed by atoms with E-state index in [1.54, 1.807) is 0 Å². The normalized spacial score (nSPS) is 32.6. The second-order valence-corrected chi connectivity index (χ2v) is 5.15. The van der Waals surface area contributed by atoms with E-state index in [1.165, 1.54) is 0 Å². The average Bonchev–Trinajstić information content (AvgIpc) is 2.84. The van der Waals surface area contributed by atoms with Gasteiger partial charge in [-0.1, -0.05) is 12.1 Å². The molecule has 1 saturated heterocycles. The van der Waals surface area contributed by atoms with Gasteiger partial charge in [-0.2, -0.15) is 4.98 Å². The highest BCUT2D eigenvalue weighted by Gasteiger charge is 2.44. The first-order valence-corrected chi connectivity index (χ1v) is 5.86. The van der Waals surface area contributed by atoms with Crippen molar-refractivity contribution in [2.45, 2.75) is 43.6 Å². The van der Waals surface area contributed by atoms with E-state index >= 15 is 0 Å². The van der Waals surface area contributed by atoms with Crippen LogP contribution in [0.5, 0.6) is 0 Å². The van der Waals surface area contributed by atoms with Crippen molar-refractivity contribution in [1.29, 1.82) is 0 Å². The molecule has 2 atom stereocenters. The Morgan fingerprint density at radius 1 is 1.44 bits per heavy atom. The van der Waals surface area contributed by atoms with Crippen LogP contribution in [-0.4, -0.2) is 29.4 Å². The molecule has 0 amide bonds. The summed E-state index contributed by atoms with van der Waals surface area (Å²) in [6.45, 7) is 3.49. The Bertz CT molecular complexity index is 386. The summed E-state index contributed by atoms with van der Waals surface area (Å²) < 4.78 is 10.7. The molecule has 2 aliphatic rings. The first-order valence-electron chi connectivity index (χ1n) is 5.86. The third-order valence-electron chi connectivity index (χ3n) is 3.71. The van der Waals surface area contributed by atoms with Gasteiger partial charge in [0, 0.05) is 18.1 Å². The highest BCUT2D eigenvalue weighted by molar-refractivity contribution is 5.15. The van der Waals surface area contributed by atoms with E-state index in [-0.39, 0.29) is 17.4 Å². The minimum atomic E-state index is 0.0670. The van der Waals surface area contributed by atoms with Gasteiger partial charge in [-0.25, -0.2) is 0 Å². The minimum Gasteiger partial charge on any atom is -0.381 e. The van der Waals surface area contributed by atoms with E-state index in [4.69, 9.17) is 15.0 Å². The Labute approximate surface area is 94.3 Å². The summed E-state index contributed by atoms with van der Waals surface area (Å²) in [5.74, 6) is 1.55. The van der Waals surface area contributed by atoms with Crippen LogP contribution in [0.4, 0.5) is 0 Å². The van der Waals surface area contributed by atoms with Crippen molar-refractivity contribution in [3.8, 4) is 0 Å². The summed E-state index contributed by atoms with van der Waals surface area (Å²) in [7, 11) is 0. The predicted molar refractivity (Wildman–Crippen MR) is 57.0 cm³/mol. The molecular weight excluding hydrogens is 206 g/mol. The number of hydrogen-bond acceptors (Lipinski definition) is 5. The number of nitrogens with zero attached hydrogens (tertiary/aromatic N) is 2. The van der Waals surface area contributed by atoms with Crippen LogP contribution in [-0.2, 0) is 10.2 Å². The van der Waals surface area contributed by atoms with Gasteiger partial charge in [0.25, 0.3) is 0 Å². The highest BCUT2D eigenvalue weighted by atomic mass is 16.5. The van der Waals surface area contributed by atoms with Crippen molar-refractivity contribution in [2.24, 2.45) is 5.73 Å². The molecule has 1 aromatic rings. The molecule has 1 aliphatic heterocycles. The number of hydrogen-bond donors (Lipinski definition) is 1. The molecule has 0 spiro atoms. The maximum Gasteiger partial charge on any atom is 0.233 e. The lowest BCUT2D eigenvalue weighted by atomic mass is 9.96. The van der Waals surface area contributed by atoms with Crippen molar-refractivity contribution in [3.63, 3.8) is 0 Å². The lowest BCUT2D eigenvalue weighted by molar-refractivity contribution is 0.0590. The van der Waals surface area contributed by atoms with Crippen molar-refractivity contribution in [3.05, 3.63) is 11.7 Å². The highest BCUT2D eigenvalue weighted by Crippen LogP contribution is 2.46. The van der Waals surface area contributed by atoms with Crippen LogP contribution in [0.3, 0.4) is 0 Å². The molecule has 2 heterocycles. The van der Waals surface area contributed by atoms with Gasteiger partial charge in [-0.3, -0.25) is 0 Å². The molecule has 0 aromatic carbocycles. The van der Waals surface area contributed by atoms with Crippen LogP contribution < -0.4 is 5.73 Å². The van der Waals surface area contributed by atoms with E-state index in [2.05, 4.69) is 17.1 Å². The Hall–Kier alpha value is -0.940. The lowest BCUT2D eigenvalue weighted by Crippen LogP contribution is -2.37. The van der Waals surface area contributed by atoms with Crippen molar-refractivity contribution >= 4 is 0 Å². The van der Waals surface area contributed by atoms with Gasteiger partial charge in [-0.15, -0.1) is 0 Å². The summed E-state index contributed by atoms with van der Waals surface area (Å²) >= 11 is 0. The summed E-state index contributed by atoms with van der Waals surface area (Å²) in [5.41, 5.74) is 6.19. The largest absolute Gasteiger partial charge is 0.381 e. The van der Waals surface area contributed by atoms with Crippen LogP contribution in [0.1, 0.15) is 43.8 Å². The Kier molecular flexibility index (Phi) is 2.26. The summed E-state index contributed by atoms with van der Waals surface area (Å²) in [6, 6.07) is 0.0778. The number of rotatable bonds is 2. The molecule has 1 aliphatic carbocycles. The standard InChI is InChI=1S/C11H17N3O2/c1-11(3-4-11)10-13-9(16-14-10)7-6-15-5-2-8(7)12/h7-8H,2-6,12H2,1H3. The first kappa shape index (κ1) is 10.2. The second-order valence-electron chi connectivity index (χ2n) is 5.15. The van der Waals surface area contributed by atoms with E-state index in [1.807, 2.05) is 0 Å². The molecule has 2 unspecified atom stereocenters. The Morgan fingerprint density at radius 3 is 2.94 bits per heavy atom. The number of nitrogens with two attached hydrogens (primary N) is 1. The zero-order chi connectivity index (χ0) is 11.2. The van der Waals surface area contributed by atoms with Crippen molar-refractivity contribution in [1.82, 2.24) is 10.1 Å². The van der Waals surface area contributed by atoms with E-state index in [0.29, 0.717) is 12.5 Å². The Morgan fingerprint density at radius 2 is 2.25 bits per heavy atom. The van der Waals surface area contributed by atoms with Crippen molar-refractivity contribution < 1.29 is 9.26 Å². The SMILES string of the molecule is CC1(c2noc(C3COCCC3N)n2)CC1. The quantitative estimate of drug-likeness (QED) is 0.808. The molecule has 3 rings (SSSR count). The van der Waals surface area contributed by atoms with Gasteiger partial charge in [0.05, 0.1) is 12.5 Å². The fraction of sp³-hybridized carbons (Fsp3) is 0.818.